The molecule has 138 valence electrons. The van der Waals surface area contributed by atoms with E-state index in [1.54, 1.807) is 6.07 Å². The summed E-state index contributed by atoms with van der Waals surface area (Å²) in [7, 11) is 0. The van der Waals surface area contributed by atoms with Crippen LogP contribution in [0.5, 0.6) is 0 Å². The lowest BCUT2D eigenvalue weighted by Gasteiger charge is -2.25. The molecule has 2 aromatic rings. The first-order chi connectivity index (χ1) is 12.1. The maximum atomic E-state index is 13.9. The predicted octanol–water partition coefficient (Wildman–Crippen LogP) is 4.07. The van der Waals surface area contributed by atoms with Crippen LogP contribution in [-0.2, 0) is 15.9 Å². The fourth-order valence-electron chi connectivity index (χ4n) is 2.93. The number of carbonyl (C=O) groups is 1. The van der Waals surface area contributed by atoms with Crippen molar-refractivity contribution < 1.29 is 18.7 Å². The maximum Gasteiger partial charge on any atom is 0.223 e. The molecule has 0 aliphatic heterocycles. The van der Waals surface area contributed by atoms with Gasteiger partial charge in [0.25, 0.3) is 0 Å². The Labute approximate surface area is 159 Å². The van der Waals surface area contributed by atoms with Crippen molar-refractivity contribution >= 4 is 29.1 Å². The molecule has 0 unspecified atom stereocenters. The van der Waals surface area contributed by atoms with E-state index in [1.807, 2.05) is 0 Å². The number of aliphatic hydroxyl groups is 1. The maximum absolute atomic E-state index is 13.9. The summed E-state index contributed by atoms with van der Waals surface area (Å²) in [5.41, 5.74) is -2.10. The highest BCUT2D eigenvalue weighted by atomic mass is 35.5. The summed E-state index contributed by atoms with van der Waals surface area (Å²) in [5, 5.41) is 14.0. The van der Waals surface area contributed by atoms with E-state index < -0.39 is 35.1 Å². The lowest BCUT2D eigenvalue weighted by atomic mass is 9.91. The number of rotatable bonds is 5. The monoisotopic (exact) mass is 400 g/mol. The minimum absolute atomic E-state index is 0.150. The SMILES string of the molecule is C[C@](O)(CC(=O)NC1(c2cc(Cl)cc(Cl)n2)CC1)c1ccc(F)cc1F. The molecule has 1 fully saturated rings. The van der Waals surface area contributed by atoms with Gasteiger partial charge >= 0.3 is 0 Å². The average molecular weight is 401 g/mol. The molecular formula is C18H16Cl2F2N2O2. The highest BCUT2D eigenvalue weighted by Gasteiger charge is 2.48. The standard InChI is InChI=1S/C18H16Cl2F2N2O2/c1-17(26,12-3-2-11(21)8-13(12)22)9-16(25)24-18(4-5-18)14-6-10(19)7-15(20)23-14/h2-3,6-8,26H,4-5,9H2,1H3,(H,24,25)/t17-/m0/s1. The number of halogens is 4. The predicted molar refractivity (Wildman–Crippen MR) is 93.9 cm³/mol. The molecule has 1 amide bonds. The molecule has 1 saturated carbocycles. The summed E-state index contributed by atoms with van der Waals surface area (Å²) in [6, 6.07) is 5.95. The molecule has 1 aromatic carbocycles. The summed E-state index contributed by atoms with van der Waals surface area (Å²) in [4.78, 5) is 16.6. The molecule has 3 rings (SSSR count). The Morgan fingerprint density at radius 3 is 2.58 bits per heavy atom. The number of hydrogen-bond donors (Lipinski definition) is 2. The second-order valence-electron chi connectivity index (χ2n) is 6.70. The number of aromatic nitrogens is 1. The molecule has 26 heavy (non-hydrogen) atoms. The average Bonchev–Trinajstić information content (AvgIpc) is 3.25. The largest absolute Gasteiger partial charge is 0.385 e. The Balaban J connectivity index is 1.76. The molecule has 1 aromatic heterocycles. The summed E-state index contributed by atoms with van der Waals surface area (Å²) in [6.07, 6.45) is 0.899. The topological polar surface area (TPSA) is 62.2 Å². The number of nitrogens with one attached hydrogen (secondary N) is 1. The third kappa shape index (κ3) is 3.98. The molecule has 0 saturated heterocycles. The van der Waals surface area contributed by atoms with E-state index in [0.717, 1.165) is 12.1 Å². The van der Waals surface area contributed by atoms with E-state index in [-0.39, 0.29) is 10.7 Å². The first kappa shape index (κ1) is 19.0. The first-order valence-corrected chi connectivity index (χ1v) is 8.69. The van der Waals surface area contributed by atoms with Crippen molar-refractivity contribution in [2.24, 2.45) is 0 Å². The molecule has 2 N–H and O–H groups in total. The van der Waals surface area contributed by atoms with Gasteiger partial charge in [-0.25, -0.2) is 13.8 Å². The number of nitrogens with zero attached hydrogens (tertiary/aromatic N) is 1. The summed E-state index contributed by atoms with van der Waals surface area (Å²) >= 11 is 11.9. The number of benzene rings is 1. The third-order valence-electron chi connectivity index (χ3n) is 4.39. The smallest absolute Gasteiger partial charge is 0.223 e. The molecule has 8 heteroatoms. The summed E-state index contributed by atoms with van der Waals surface area (Å²) in [6.45, 7) is 1.30. The van der Waals surface area contributed by atoms with Crippen molar-refractivity contribution in [2.75, 3.05) is 0 Å². The van der Waals surface area contributed by atoms with Crippen LogP contribution in [0.4, 0.5) is 8.78 Å². The summed E-state index contributed by atoms with van der Waals surface area (Å²) < 4.78 is 27.0. The molecule has 1 aliphatic carbocycles. The van der Waals surface area contributed by atoms with Crippen LogP contribution in [0, 0.1) is 11.6 Å². The zero-order valence-electron chi connectivity index (χ0n) is 13.8. The molecular weight excluding hydrogens is 385 g/mol. The van der Waals surface area contributed by atoms with Gasteiger partial charge in [0.1, 0.15) is 16.8 Å². The van der Waals surface area contributed by atoms with Crippen LogP contribution in [0.15, 0.2) is 30.3 Å². The van der Waals surface area contributed by atoms with Crippen LogP contribution >= 0.6 is 23.2 Å². The quantitative estimate of drug-likeness (QED) is 0.743. The van der Waals surface area contributed by atoms with Crippen molar-refractivity contribution in [2.45, 2.75) is 37.3 Å². The molecule has 1 heterocycles. The van der Waals surface area contributed by atoms with Gasteiger partial charge in [-0.05, 0) is 38.0 Å². The van der Waals surface area contributed by atoms with Crippen LogP contribution in [0.1, 0.15) is 37.4 Å². The van der Waals surface area contributed by atoms with Crippen LogP contribution in [0.3, 0.4) is 0 Å². The van der Waals surface area contributed by atoms with E-state index in [4.69, 9.17) is 23.2 Å². The number of carbonyl (C=O) groups excluding carboxylic acids is 1. The van der Waals surface area contributed by atoms with Crippen molar-refractivity contribution in [1.82, 2.24) is 10.3 Å². The van der Waals surface area contributed by atoms with Crippen LogP contribution in [-0.4, -0.2) is 16.0 Å². The zero-order valence-corrected chi connectivity index (χ0v) is 15.3. The van der Waals surface area contributed by atoms with E-state index in [2.05, 4.69) is 10.3 Å². The van der Waals surface area contributed by atoms with Gasteiger partial charge < -0.3 is 10.4 Å². The van der Waals surface area contributed by atoms with E-state index in [9.17, 15) is 18.7 Å². The fraction of sp³-hybridized carbons (Fsp3) is 0.333. The molecule has 0 radical (unpaired) electrons. The molecule has 1 atom stereocenters. The number of pyridine rings is 1. The van der Waals surface area contributed by atoms with E-state index in [0.29, 0.717) is 29.6 Å². The van der Waals surface area contributed by atoms with Gasteiger partial charge in [0.05, 0.1) is 23.3 Å². The van der Waals surface area contributed by atoms with Crippen molar-refractivity contribution in [3.8, 4) is 0 Å². The Morgan fingerprint density at radius 1 is 1.31 bits per heavy atom. The first-order valence-electron chi connectivity index (χ1n) is 7.94. The molecule has 0 bridgehead atoms. The van der Waals surface area contributed by atoms with Gasteiger partial charge in [0.2, 0.25) is 5.91 Å². The number of amides is 1. The van der Waals surface area contributed by atoms with Gasteiger partial charge in [-0.3, -0.25) is 4.79 Å². The van der Waals surface area contributed by atoms with Gasteiger partial charge in [-0.2, -0.15) is 0 Å². The second kappa shape index (κ2) is 6.76. The lowest BCUT2D eigenvalue weighted by molar-refractivity contribution is -0.127. The van der Waals surface area contributed by atoms with Crippen LogP contribution < -0.4 is 5.32 Å². The highest BCUT2D eigenvalue weighted by molar-refractivity contribution is 6.33. The van der Waals surface area contributed by atoms with Crippen molar-refractivity contribution in [1.29, 1.82) is 0 Å². The fourth-order valence-corrected chi connectivity index (χ4v) is 3.40. The molecule has 0 spiro atoms. The van der Waals surface area contributed by atoms with Crippen LogP contribution in [0.2, 0.25) is 10.2 Å². The Bertz CT molecular complexity index is 850. The Hall–Kier alpha value is -1.76. The Kier molecular flexibility index (Phi) is 4.94. The van der Waals surface area contributed by atoms with Crippen molar-refractivity contribution in [3.05, 3.63) is 63.4 Å². The van der Waals surface area contributed by atoms with E-state index in [1.165, 1.54) is 13.0 Å². The van der Waals surface area contributed by atoms with Gasteiger partial charge in [-0.15, -0.1) is 0 Å². The minimum atomic E-state index is -1.79. The van der Waals surface area contributed by atoms with Crippen molar-refractivity contribution in [3.63, 3.8) is 0 Å². The zero-order chi connectivity index (χ0) is 19.1. The lowest BCUT2D eigenvalue weighted by Crippen LogP contribution is -2.39. The van der Waals surface area contributed by atoms with Crippen LogP contribution in [0.25, 0.3) is 0 Å². The second-order valence-corrected chi connectivity index (χ2v) is 7.52. The van der Waals surface area contributed by atoms with Gasteiger partial charge in [0, 0.05) is 16.7 Å². The molecule has 1 aliphatic rings. The Morgan fingerprint density at radius 2 is 2.00 bits per heavy atom. The van der Waals surface area contributed by atoms with Gasteiger partial charge in [0.15, 0.2) is 0 Å². The third-order valence-corrected chi connectivity index (χ3v) is 4.81. The van der Waals surface area contributed by atoms with E-state index >= 15 is 0 Å². The number of hydrogen-bond acceptors (Lipinski definition) is 3. The normalized spacial score (nSPS) is 17.5. The highest BCUT2D eigenvalue weighted by Crippen LogP contribution is 2.46. The minimum Gasteiger partial charge on any atom is -0.385 e. The summed E-state index contributed by atoms with van der Waals surface area (Å²) in [5.74, 6) is -2.16. The molecule has 4 nitrogen and oxygen atoms in total. The van der Waals surface area contributed by atoms with Gasteiger partial charge in [-0.1, -0.05) is 29.3 Å².